The first kappa shape index (κ1) is 13.2. The van der Waals surface area contributed by atoms with Gasteiger partial charge in [-0.15, -0.1) is 0 Å². The van der Waals surface area contributed by atoms with E-state index in [0.717, 1.165) is 56.0 Å². The van der Waals surface area contributed by atoms with Gasteiger partial charge in [0.05, 0.1) is 11.6 Å². The number of hydrogen-bond acceptors (Lipinski definition) is 3. The highest BCUT2D eigenvalue weighted by atomic mass is 35.5. The molecule has 0 atom stereocenters. The van der Waals surface area contributed by atoms with Gasteiger partial charge in [0.15, 0.2) is 0 Å². The lowest BCUT2D eigenvalue weighted by molar-refractivity contribution is 0.226. The molecule has 0 spiro atoms. The summed E-state index contributed by atoms with van der Waals surface area (Å²) in [6.07, 6.45) is 2.61. The largest absolute Gasteiger partial charge is 0.491 e. The number of halogens is 1. The number of piperazine rings is 1. The Hall–Kier alpha value is -0.770. The number of ether oxygens (including phenoxy) is 1. The van der Waals surface area contributed by atoms with Gasteiger partial charge < -0.3 is 10.1 Å². The van der Waals surface area contributed by atoms with Crippen molar-refractivity contribution in [2.24, 2.45) is 5.92 Å². The van der Waals surface area contributed by atoms with E-state index in [2.05, 4.69) is 16.3 Å². The lowest BCUT2D eigenvalue weighted by atomic mass is 10.1. The third kappa shape index (κ3) is 3.62. The maximum Gasteiger partial charge on any atom is 0.142 e. The molecule has 1 aromatic rings. The smallest absolute Gasteiger partial charge is 0.142 e. The van der Waals surface area contributed by atoms with Gasteiger partial charge in [-0.05, 0) is 24.8 Å². The van der Waals surface area contributed by atoms with Gasteiger partial charge in [-0.2, -0.15) is 0 Å². The van der Waals surface area contributed by atoms with E-state index in [1.54, 1.807) is 0 Å². The quantitative estimate of drug-likeness (QED) is 0.897. The molecule has 3 nitrogen and oxygen atoms in total. The van der Waals surface area contributed by atoms with Crippen LogP contribution in [0.1, 0.15) is 18.4 Å². The van der Waals surface area contributed by atoms with Crippen molar-refractivity contribution in [3.8, 4) is 5.75 Å². The Bertz CT molecular complexity index is 428. The van der Waals surface area contributed by atoms with Crippen molar-refractivity contribution >= 4 is 11.6 Å². The Morgan fingerprint density at radius 1 is 1.26 bits per heavy atom. The number of nitrogens with zero attached hydrogens (tertiary/aromatic N) is 1. The summed E-state index contributed by atoms with van der Waals surface area (Å²) in [7, 11) is 0. The second kappa shape index (κ2) is 6.12. The van der Waals surface area contributed by atoms with E-state index in [0.29, 0.717) is 0 Å². The minimum atomic E-state index is 0.744. The molecule has 0 unspecified atom stereocenters. The zero-order valence-corrected chi connectivity index (χ0v) is 12.0. The first-order valence-corrected chi connectivity index (χ1v) is 7.54. The van der Waals surface area contributed by atoms with Crippen molar-refractivity contribution < 1.29 is 4.74 Å². The zero-order valence-electron chi connectivity index (χ0n) is 11.2. The minimum Gasteiger partial charge on any atom is -0.491 e. The van der Waals surface area contributed by atoms with Crippen LogP contribution in [0.4, 0.5) is 0 Å². The van der Waals surface area contributed by atoms with E-state index >= 15 is 0 Å². The summed E-state index contributed by atoms with van der Waals surface area (Å²) in [6, 6.07) is 6.07. The number of rotatable bonds is 5. The van der Waals surface area contributed by atoms with Gasteiger partial charge in [-0.25, -0.2) is 0 Å². The molecule has 19 heavy (non-hydrogen) atoms. The van der Waals surface area contributed by atoms with Crippen molar-refractivity contribution in [2.75, 3.05) is 32.8 Å². The fourth-order valence-corrected chi connectivity index (χ4v) is 2.68. The van der Waals surface area contributed by atoms with Gasteiger partial charge in [0, 0.05) is 38.3 Å². The highest BCUT2D eigenvalue weighted by molar-refractivity contribution is 6.32. The Morgan fingerprint density at radius 2 is 2.05 bits per heavy atom. The molecule has 0 bridgehead atoms. The normalized spacial score (nSPS) is 20.5. The van der Waals surface area contributed by atoms with Crippen molar-refractivity contribution in [3.63, 3.8) is 0 Å². The van der Waals surface area contributed by atoms with E-state index in [1.807, 2.05) is 12.1 Å². The van der Waals surface area contributed by atoms with Gasteiger partial charge in [-0.1, -0.05) is 23.7 Å². The van der Waals surface area contributed by atoms with Crippen molar-refractivity contribution in [2.45, 2.75) is 19.4 Å². The molecule has 1 N–H and O–H groups in total. The second-order valence-corrected chi connectivity index (χ2v) is 5.92. The van der Waals surface area contributed by atoms with Crippen LogP contribution in [0.2, 0.25) is 5.02 Å². The predicted octanol–water partition coefficient (Wildman–Crippen LogP) is 2.53. The number of para-hydroxylation sites is 1. The monoisotopic (exact) mass is 280 g/mol. The molecule has 2 fully saturated rings. The molecule has 0 amide bonds. The maximum atomic E-state index is 6.30. The van der Waals surface area contributed by atoms with Crippen LogP contribution in [0.3, 0.4) is 0 Å². The third-order valence-electron chi connectivity index (χ3n) is 3.81. The van der Waals surface area contributed by atoms with Crippen LogP contribution in [0.5, 0.6) is 5.75 Å². The summed E-state index contributed by atoms with van der Waals surface area (Å²) >= 11 is 6.30. The fraction of sp³-hybridized carbons (Fsp3) is 0.600. The summed E-state index contributed by atoms with van der Waals surface area (Å²) in [5.74, 6) is 1.65. The molecule has 0 radical (unpaired) electrons. The van der Waals surface area contributed by atoms with E-state index in [-0.39, 0.29) is 0 Å². The Labute approximate surface area is 119 Å². The number of benzene rings is 1. The highest BCUT2D eigenvalue weighted by Gasteiger charge is 2.23. The Kier molecular flexibility index (Phi) is 4.26. The van der Waals surface area contributed by atoms with E-state index in [9.17, 15) is 0 Å². The highest BCUT2D eigenvalue weighted by Crippen LogP contribution is 2.34. The molecular weight excluding hydrogens is 260 g/mol. The van der Waals surface area contributed by atoms with Crippen LogP contribution in [0.15, 0.2) is 18.2 Å². The summed E-state index contributed by atoms with van der Waals surface area (Å²) in [5.41, 5.74) is 1.22. The third-order valence-corrected chi connectivity index (χ3v) is 4.11. The lowest BCUT2D eigenvalue weighted by Crippen LogP contribution is -2.42. The molecule has 1 saturated heterocycles. The standard InChI is InChI=1S/C15H21ClN2O/c16-14-3-1-2-13(10-18-8-6-17-7-9-18)15(14)19-11-12-4-5-12/h1-3,12,17H,4-11H2. The van der Waals surface area contributed by atoms with E-state index in [4.69, 9.17) is 16.3 Å². The first-order chi connectivity index (χ1) is 9.33. The van der Waals surface area contributed by atoms with E-state index in [1.165, 1.54) is 18.4 Å². The molecule has 1 heterocycles. The molecular formula is C15H21ClN2O. The summed E-state index contributed by atoms with van der Waals surface area (Å²) in [4.78, 5) is 2.45. The summed E-state index contributed by atoms with van der Waals surface area (Å²) in [5, 5.41) is 4.12. The second-order valence-electron chi connectivity index (χ2n) is 5.51. The minimum absolute atomic E-state index is 0.744. The van der Waals surface area contributed by atoms with Gasteiger partial charge in [0.25, 0.3) is 0 Å². The van der Waals surface area contributed by atoms with Crippen molar-refractivity contribution in [3.05, 3.63) is 28.8 Å². The van der Waals surface area contributed by atoms with Crippen LogP contribution < -0.4 is 10.1 Å². The molecule has 104 valence electrons. The number of nitrogens with one attached hydrogen (secondary N) is 1. The SMILES string of the molecule is Clc1cccc(CN2CCNCC2)c1OCC1CC1. The van der Waals surface area contributed by atoms with Gasteiger partial charge in [-0.3, -0.25) is 4.90 Å². The summed E-state index contributed by atoms with van der Waals surface area (Å²) < 4.78 is 5.96. The molecule has 0 aromatic heterocycles. The van der Waals surface area contributed by atoms with Crippen LogP contribution in [0.25, 0.3) is 0 Å². The maximum absolute atomic E-state index is 6.30. The Balaban J connectivity index is 1.68. The first-order valence-electron chi connectivity index (χ1n) is 7.16. The average molecular weight is 281 g/mol. The average Bonchev–Trinajstić information content (AvgIpc) is 3.23. The molecule has 4 heteroatoms. The van der Waals surface area contributed by atoms with Crippen LogP contribution >= 0.6 is 11.6 Å². The molecule has 1 aromatic carbocycles. The topological polar surface area (TPSA) is 24.5 Å². The zero-order chi connectivity index (χ0) is 13.1. The van der Waals surface area contributed by atoms with Gasteiger partial charge in [0.2, 0.25) is 0 Å². The lowest BCUT2D eigenvalue weighted by Gasteiger charge is -2.28. The van der Waals surface area contributed by atoms with Gasteiger partial charge >= 0.3 is 0 Å². The molecule has 3 rings (SSSR count). The van der Waals surface area contributed by atoms with Crippen molar-refractivity contribution in [1.29, 1.82) is 0 Å². The summed E-state index contributed by atoms with van der Waals surface area (Å²) in [6.45, 7) is 6.07. The predicted molar refractivity (Wildman–Crippen MR) is 77.8 cm³/mol. The number of hydrogen-bond donors (Lipinski definition) is 1. The molecule has 1 saturated carbocycles. The van der Waals surface area contributed by atoms with Crippen molar-refractivity contribution in [1.82, 2.24) is 10.2 Å². The fourth-order valence-electron chi connectivity index (χ4n) is 2.44. The van der Waals surface area contributed by atoms with Crippen LogP contribution in [0, 0.1) is 5.92 Å². The Morgan fingerprint density at radius 3 is 2.79 bits per heavy atom. The van der Waals surface area contributed by atoms with E-state index < -0.39 is 0 Å². The molecule has 1 aliphatic carbocycles. The van der Waals surface area contributed by atoms with Gasteiger partial charge in [0.1, 0.15) is 5.75 Å². The molecule has 1 aliphatic heterocycles. The van der Waals surface area contributed by atoms with Crippen LogP contribution in [-0.4, -0.2) is 37.7 Å². The molecule has 2 aliphatic rings. The van der Waals surface area contributed by atoms with Crippen LogP contribution in [-0.2, 0) is 6.54 Å².